The molecule has 1 N–H and O–H groups in total. The van der Waals surface area contributed by atoms with Crippen molar-refractivity contribution in [3.8, 4) is 11.8 Å². The van der Waals surface area contributed by atoms with Crippen molar-refractivity contribution in [1.82, 2.24) is 0 Å². The molecule has 0 radical (unpaired) electrons. The lowest BCUT2D eigenvalue weighted by Gasteiger charge is -2.11. The number of alkyl halides is 2. The maximum Gasteiger partial charge on any atom is 0.387 e. The number of ether oxygens (including phenoxy) is 2. The summed E-state index contributed by atoms with van der Waals surface area (Å²) in [6.07, 6.45) is -0.274. The van der Waals surface area contributed by atoms with E-state index in [2.05, 4.69) is 10.1 Å². The first-order valence-corrected chi connectivity index (χ1v) is 7.46. The van der Waals surface area contributed by atoms with Crippen LogP contribution in [0.5, 0.6) is 5.75 Å². The summed E-state index contributed by atoms with van der Waals surface area (Å²) >= 11 is 0. The molecular formula is C18H14F2N2O4. The maximum absolute atomic E-state index is 12.4. The number of hydrogen-bond donors (Lipinski definition) is 1. The first-order chi connectivity index (χ1) is 12.5. The van der Waals surface area contributed by atoms with Crippen LogP contribution in [0.4, 0.5) is 14.5 Å². The second kappa shape index (κ2) is 9.13. The predicted molar refractivity (Wildman–Crippen MR) is 87.5 cm³/mol. The monoisotopic (exact) mass is 360 g/mol. The molecule has 0 saturated carbocycles. The smallest absolute Gasteiger partial charge is 0.387 e. The molecule has 0 aliphatic heterocycles. The molecule has 26 heavy (non-hydrogen) atoms. The molecule has 0 spiro atoms. The van der Waals surface area contributed by atoms with E-state index in [0.717, 1.165) is 0 Å². The Bertz CT molecular complexity index is 817. The number of benzene rings is 2. The number of nitrogens with one attached hydrogen (secondary N) is 1. The first kappa shape index (κ1) is 18.9. The largest absolute Gasteiger partial charge is 0.457 e. The Balaban J connectivity index is 1.96. The summed E-state index contributed by atoms with van der Waals surface area (Å²) in [5.74, 6) is -1.18. The molecule has 0 unspecified atom stereocenters. The molecule has 0 bridgehead atoms. The second-order valence-electron chi connectivity index (χ2n) is 5.02. The molecule has 2 aromatic rings. The summed E-state index contributed by atoms with van der Waals surface area (Å²) in [6, 6.07) is 13.6. The Morgan fingerprint density at radius 2 is 1.81 bits per heavy atom. The van der Waals surface area contributed by atoms with Gasteiger partial charge in [0.25, 0.3) is 0 Å². The molecule has 1 amide bonds. The summed E-state index contributed by atoms with van der Waals surface area (Å²) in [7, 11) is 0. The lowest BCUT2D eigenvalue weighted by atomic mass is 10.2. The number of rotatable bonds is 7. The van der Waals surface area contributed by atoms with Crippen LogP contribution in [0.15, 0.2) is 48.5 Å². The number of nitriles is 1. The van der Waals surface area contributed by atoms with Gasteiger partial charge in [0.1, 0.15) is 18.8 Å². The lowest BCUT2D eigenvalue weighted by molar-refractivity contribution is -0.115. The standard InChI is InChI=1S/C18H14F2N2O4/c19-18(20)26-15-4-2-1-3-13(15)11-25-17(24)12-5-7-14(8-6-12)22-16(23)9-10-21/h1-8,18H,9,11H2,(H,22,23). The first-order valence-electron chi connectivity index (χ1n) is 7.46. The fourth-order valence-corrected chi connectivity index (χ4v) is 2.03. The molecule has 0 saturated heterocycles. The number of amides is 1. The van der Waals surface area contributed by atoms with Crippen LogP contribution in [-0.2, 0) is 16.1 Å². The summed E-state index contributed by atoms with van der Waals surface area (Å²) < 4.78 is 34.2. The molecule has 0 aliphatic rings. The van der Waals surface area contributed by atoms with Gasteiger partial charge in [-0.25, -0.2) is 4.79 Å². The minimum Gasteiger partial charge on any atom is -0.457 e. The van der Waals surface area contributed by atoms with E-state index < -0.39 is 18.5 Å². The fraction of sp³-hybridized carbons (Fsp3) is 0.167. The van der Waals surface area contributed by atoms with Crippen LogP contribution in [-0.4, -0.2) is 18.5 Å². The van der Waals surface area contributed by atoms with E-state index in [1.807, 2.05) is 0 Å². The molecule has 0 heterocycles. The maximum atomic E-state index is 12.4. The molecule has 0 aromatic heterocycles. The Kier molecular flexibility index (Phi) is 6.62. The summed E-state index contributed by atoms with van der Waals surface area (Å²) in [5, 5.41) is 10.9. The van der Waals surface area contributed by atoms with Gasteiger partial charge in [-0.1, -0.05) is 18.2 Å². The van der Waals surface area contributed by atoms with Gasteiger partial charge in [0.15, 0.2) is 0 Å². The molecule has 0 aliphatic carbocycles. The van der Waals surface area contributed by atoms with E-state index >= 15 is 0 Å². The Morgan fingerprint density at radius 3 is 2.46 bits per heavy atom. The lowest BCUT2D eigenvalue weighted by Crippen LogP contribution is -2.11. The number of para-hydroxylation sites is 1. The second-order valence-corrected chi connectivity index (χ2v) is 5.02. The zero-order valence-electron chi connectivity index (χ0n) is 13.4. The van der Waals surface area contributed by atoms with Gasteiger partial charge in [-0.15, -0.1) is 0 Å². The molecular weight excluding hydrogens is 346 g/mol. The van der Waals surface area contributed by atoms with Gasteiger partial charge in [-0.05, 0) is 30.3 Å². The van der Waals surface area contributed by atoms with Crippen LogP contribution in [0, 0.1) is 11.3 Å². The third-order valence-electron chi connectivity index (χ3n) is 3.19. The molecule has 6 nitrogen and oxygen atoms in total. The molecule has 134 valence electrons. The zero-order valence-corrected chi connectivity index (χ0v) is 13.4. The highest BCUT2D eigenvalue weighted by molar-refractivity contribution is 5.93. The van der Waals surface area contributed by atoms with Crippen LogP contribution >= 0.6 is 0 Å². The normalized spacial score (nSPS) is 10.1. The zero-order chi connectivity index (χ0) is 18.9. The van der Waals surface area contributed by atoms with Crippen LogP contribution in [0.25, 0.3) is 0 Å². The number of carbonyl (C=O) groups excluding carboxylic acids is 2. The highest BCUT2D eigenvalue weighted by Gasteiger charge is 2.12. The van der Waals surface area contributed by atoms with Crippen molar-refractivity contribution >= 4 is 17.6 Å². The Morgan fingerprint density at radius 1 is 1.12 bits per heavy atom. The van der Waals surface area contributed by atoms with Crippen molar-refractivity contribution in [1.29, 1.82) is 5.26 Å². The summed E-state index contributed by atoms with van der Waals surface area (Å²) in [5.41, 5.74) is 0.953. The van der Waals surface area contributed by atoms with Gasteiger partial charge < -0.3 is 14.8 Å². The van der Waals surface area contributed by atoms with Crippen LogP contribution in [0.2, 0.25) is 0 Å². The van der Waals surface area contributed by atoms with Gasteiger partial charge in [0.05, 0.1) is 11.6 Å². The molecule has 8 heteroatoms. The number of nitrogens with zero attached hydrogens (tertiary/aromatic N) is 1. The van der Waals surface area contributed by atoms with Crippen molar-refractivity contribution in [2.75, 3.05) is 5.32 Å². The van der Waals surface area contributed by atoms with Crippen molar-refractivity contribution < 1.29 is 27.8 Å². The minimum atomic E-state index is -2.98. The number of anilines is 1. The summed E-state index contributed by atoms with van der Waals surface area (Å²) in [6.45, 7) is -3.21. The van der Waals surface area contributed by atoms with Crippen LogP contribution in [0.3, 0.4) is 0 Å². The minimum absolute atomic E-state index is 0.0640. The van der Waals surface area contributed by atoms with Gasteiger partial charge in [0.2, 0.25) is 5.91 Å². The van der Waals surface area contributed by atoms with Crippen LogP contribution in [0.1, 0.15) is 22.3 Å². The van der Waals surface area contributed by atoms with Crippen molar-refractivity contribution in [3.63, 3.8) is 0 Å². The van der Waals surface area contributed by atoms with E-state index in [1.54, 1.807) is 12.1 Å². The van der Waals surface area contributed by atoms with E-state index in [-0.39, 0.29) is 24.3 Å². The highest BCUT2D eigenvalue weighted by Crippen LogP contribution is 2.21. The Labute approximate surface area is 148 Å². The van der Waals surface area contributed by atoms with Gasteiger partial charge in [0, 0.05) is 11.3 Å². The third kappa shape index (κ3) is 5.56. The predicted octanol–water partition coefficient (Wildman–Crippen LogP) is 3.50. The van der Waals surface area contributed by atoms with E-state index in [9.17, 15) is 18.4 Å². The average molecular weight is 360 g/mol. The fourth-order valence-electron chi connectivity index (χ4n) is 2.03. The highest BCUT2D eigenvalue weighted by atomic mass is 19.3. The number of carbonyl (C=O) groups is 2. The Hall–Kier alpha value is -3.47. The quantitative estimate of drug-likeness (QED) is 0.764. The number of hydrogen-bond acceptors (Lipinski definition) is 5. The van der Waals surface area contributed by atoms with Crippen molar-refractivity contribution in [2.45, 2.75) is 19.6 Å². The van der Waals surface area contributed by atoms with Crippen molar-refractivity contribution in [2.24, 2.45) is 0 Å². The van der Waals surface area contributed by atoms with E-state index in [4.69, 9.17) is 10.00 Å². The molecule has 2 rings (SSSR count). The van der Waals surface area contributed by atoms with E-state index in [1.165, 1.54) is 42.5 Å². The average Bonchev–Trinajstić information content (AvgIpc) is 2.61. The number of halogens is 2. The van der Waals surface area contributed by atoms with Crippen molar-refractivity contribution in [3.05, 3.63) is 59.7 Å². The van der Waals surface area contributed by atoms with E-state index in [0.29, 0.717) is 11.3 Å². The topological polar surface area (TPSA) is 88.4 Å². The van der Waals surface area contributed by atoms with Gasteiger partial charge in [-0.3, -0.25) is 4.79 Å². The number of esters is 1. The van der Waals surface area contributed by atoms with Gasteiger partial charge >= 0.3 is 12.6 Å². The SMILES string of the molecule is N#CCC(=O)Nc1ccc(C(=O)OCc2ccccc2OC(F)F)cc1. The van der Waals surface area contributed by atoms with Gasteiger partial charge in [-0.2, -0.15) is 14.0 Å². The molecule has 0 atom stereocenters. The van der Waals surface area contributed by atoms with Crippen LogP contribution < -0.4 is 10.1 Å². The third-order valence-corrected chi connectivity index (χ3v) is 3.19. The molecule has 0 fully saturated rings. The molecule has 2 aromatic carbocycles. The summed E-state index contributed by atoms with van der Waals surface area (Å²) in [4.78, 5) is 23.4.